The average molecular weight is 283 g/mol. The van der Waals surface area contributed by atoms with Gasteiger partial charge in [0.15, 0.2) is 0 Å². The molecule has 0 bridgehead atoms. The van der Waals surface area contributed by atoms with Gasteiger partial charge < -0.3 is 5.73 Å². The largest absolute Gasteiger partial charge is 0.383 e. The van der Waals surface area contributed by atoms with Gasteiger partial charge in [0.25, 0.3) is 0 Å². The quantitative estimate of drug-likeness (QED) is 0.790. The molecule has 0 atom stereocenters. The highest BCUT2D eigenvalue weighted by Crippen LogP contribution is 2.38. The molecule has 20 heavy (non-hydrogen) atoms. The number of nitrogen functional groups attached to an aromatic ring is 1. The summed E-state index contributed by atoms with van der Waals surface area (Å²) in [4.78, 5) is 1.16. The summed E-state index contributed by atoms with van der Waals surface area (Å²) in [5.41, 5.74) is 10.6. The number of aryl methyl sites for hydroxylation is 2. The Morgan fingerprint density at radius 1 is 1.20 bits per heavy atom. The third kappa shape index (κ3) is 2.12. The molecule has 0 aliphatic rings. The molecule has 3 rings (SSSR count). The molecule has 2 N–H and O–H groups in total. The van der Waals surface area contributed by atoms with Crippen molar-refractivity contribution in [3.63, 3.8) is 0 Å². The Morgan fingerprint density at radius 3 is 2.55 bits per heavy atom. The first-order chi connectivity index (χ1) is 9.70. The molecule has 2 aromatic heterocycles. The molecule has 4 heteroatoms. The fraction of sp³-hybridized carbons (Fsp3) is 0.188. The van der Waals surface area contributed by atoms with Gasteiger partial charge in [0.2, 0.25) is 0 Å². The number of nitrogens with two attached hydrogens (primary N) is 1. The second-order valence-corrected chi connectivity index (χ2v) is 5.71. The van der Waals surface area contributed by atoms with Crippen molar-refractivity contribution >= 4 is 17.2 Å². The number of rotatable bonds is 3. The molecule has 0 aliphatic carbocycles. The molecule has 0 aliphatic heterocycles. The molecular weight excluding hydrogens is 266 g/mol. The lowest BCUT2D eigenvalue weighted by molar-refractivity contribution is 0.782. The van der Waals surface area contributed by atoms with Crippen LogP contribution in [0.4, 0.5) is 5.82 Å². The second kappa shape index (κ2) is 5.13. The fourth-order valence-corrected chi connectivity index (χ4v) is 3.08. The van der Waals surface area contributed by atoms with E-state index < -0.39 is 0 Å². The molecule has 0 unspecified atom stereocenters. The topological polar surface area (TPSA) is 43.8 Å². The van der Waals surface area contributed by atoms with E-state index in [9.17, 15) is 0 Å². The summed E-state index contributed by atoms with van der Waals surface area (Å²) in [5, 5.41) is 6.65. The minimum atomic E-state index is 0.710. The summed E-state index contributed by atoms with van der Waals surface area (Å²) in [7, 11) is 1.89. The van der Waals surface area contributed by atoms with Crippen molar-refractivity contribution in [2.75, 3.05) is 5.73 Å². The van der Waals surface area contributed by atoms with Gasteiger partial charge in [0.1, 0.15) is 11.5 Å². The minimum absolute atomic E-state index is 0.710. The molecule has 3 nitrogen and oxygen atoms in total. The van der Waals surface area contributed by atoms with E-state index in [1.54, 1.807) is 16.0 Å². The molecule has 0 fully saturated rings. The zero-order valence-electron chi connectivity index (χ0n) is 11.6. The molecule has 0 saturated carbocycles. The van der Waals surface area contributed by atoms with Crippen molar-refractivity contribution in [2.24, 2.45) is 7.05 Å². The van der Waals surface area contributed by atoms with Gasteiger partial charge in [-0.05, 0) is 23.4 Å². The molecule has 102 valence electrons. The Balaban J connectivity index is 2.16. The van der Waals surface area contributed by atoms with Crippen molar-refractivity contribution in [1.29, 1.82) is 0 Å². The lowest BCUT2D eigenvalue weighted by Gasteiger charge is -2.03. The molecule has 2 heterocycles. The Labute approximate surface area is 122 Å². The summed E-state index contributed by atoms with van der Waals surface area (Å²) in [6, 6.07) is 12.7. The third-order valence-corrected chi connectivity index (χ3v) is 4.38. The smallest absolute Gasteiger partial charge is 0.130 e. The predicted octanol–water partition coefficient (Wildman–Crippen LogP) is 3.96. The summed E-state index contributed by atoms with van der Waals surface area (Å²) >= 11 is 1.69. The van der Waals surface area contributed by atoms with Gasteiger partial charge in [0, 0.05) is 17.5 Å². The Kier molecular flexibility index (Phi) is 3.32. The Morgan fingerprint density at radius 2 is 1.95 bits per heavy atom. The maximum absolute atomic E-state index is 6.20. The van der Waals surface area contributed by atoms with E-state index in [0.717, 1.165) is 28.1 Å². The zero-order valence-corrected chi connectivity index (χ0v) is 12.4. The molecule has 0 spiro atoms. The number of nitrogens with zero attached hydrogens (tertiary/aromatic N) is 2. The predicted molar refractivity (Wildman–Crippen MR) is 85.7 cm³/mol. The van der Waals surface area contributed by atoms with Crippen LogP contribution in [0.5, 0.6) is 0 Å². The van der Waals surface area contributed by atoms with Gasteiger partial charge in [-0.2, -0.15) is 5.10 Å². The van der Waals surface area contributed by atoms with Crippen LogP contribution in [-0.4, -0.2) is 9.78 Å². The van der Waals surface area contributed by atoms with Crippen LogP contribution in [-0.2, 0) is 13.5 Å². The van der Waals surface area contributed by atoms with Crippen molar-refractivity contribution in [3.05, 3.63) is 47.3 Å². The molecule has 1 aromatic carbocycles. The van der Waals surface area contributed by atoms with Crippen LogP contribution in [0.2, 0.25) is 0 Å². The maximum atomic E-state index is 6.20. The van der Waals surface area contributed by atoms with Crippen molar-refractivity contribution in [1.82, 2.24) is 9.78 Å². The van der Waals surface area contributed by atoms with E-state index in [-0.39, 0.29) is 0 Å². The summed E-state index contributed by atoms with van der Waals surface area (Å²) in [5.74, 6) is 0.710. The molecule has 0 saturated heterocycles. The van der Waals surface area contributed by atoms with Gasteiger partial charge in [-0.3, -0.25) is 4.68 Å². The van der Waals surface area contributed by atoms with Crippen LogP contribution in [0, 0.1) is 0 Å². The molecule has 3 aromatic rings. The first kappa shape index (κ1) is 12.9. The number of hydrogen-bond acceptors (Lipinski definition) is 3. The minimum Gasteiger partial charge on any atom is -0.383 e. The third-order valence-electron chi connectivity index (χ3n) is 3.49. The highest BCUT2D eigenvalue weighted by Gasteiger charge is 2.17. The van der Waals surface area contributed by atoms with E-state index in [2.05, 4.69) is 47.7 Å². The van der Waals surface area contributed by atoms with E-state index in [0.29, 0.717) is 5.82 Å². The van der Waals surface area contributed by atoms with Crippen molar-refractivity contribution in [3.8, 4) is 21.7 Å². The van der Waals surface area contributed by atoms with Crippen LogP contribution < -0.4 is 5.73 Å². The Bertz CT molecular complexity index is 709. The lowest BCUT2D eigenvalue weighted by atomic mass is 10.0. The van der Waals surface area contributed by atoms with Gasteiger partial charge >= 0.3 is 0 Å². The van der Waals surface area contributed by atoms with Gasteiger partial charge in [-0.15, -0.1) is 11.3 Å². The SMILES string of the molecule is CCc1ccc(-c2nn(C)c(N)c2-c2cccs2)cc1. The number of aromatic nitrogens is 2. The average Bonchev–Trinajstić information content (AvgIpc) is 3.08. The van der Waals surface area contributed by atoms with Crippen LogP contribution in [0.25, 0.3) is 21.7 Å². The number of benzene rings is 1. The standard InChI is InChI=1S/C16H17N3S/c1-3-11-6-8-12(9-7-11)15-14(13-5-4-10-20-13)16(17)19(2)18-15/h4-10H,3,17H2,1-2H3. The highest BCUT2D eigenvalue weighted by molar-refractivity contribution is 7.13. The monoisotopic (exact) mass is 283 g/mol. The Hall–Kier alpha value is -2.07. The van der Waals surface area contributed by atoms with Crippen LogP contribution >= 0.6 is 11.3 Å². The van der Waals surface area contributed by atoms with Gasteiger partial charge in [-0.25, -0.2) is 0 Å². The van der Waals surface area contributed by atoms with Crippen LogP contribution in [0.15, 0.2) is 41.8 Å². The van der Waals surface area contributed by atoms with E-state index in [1.165, 1.54) is 5.56 Å². The molecular formula is C16H17N3S. The van der Waals surface area contributed by atoms with E-state index in [1.807, 2.05) is 13.1 Å². The molecule has 0 amide bonds. The normalized spacial score (nSPS) is 10.9. The number of anilines is 1. The van der Waals surface area contributed by atoms with Crippen molar-refractivity contribution < 1.29 is 0 Å². The number of hydrogen-bond donors (Lipinski definition) is 1. The van der Waals surface area contributed by atoms with E-state index in [4.69, 9.17) is 5.73 Å². The first-order valence-corrected chi connectivity index (χ1v) is 7.54. The number of thiophene rings is 1. The van der Waals surface area contributed by atoms with Crippen LogP contribution in [0.1, 0.15) is 12.5 Å². The van der Waals surface area contributed by atoms with E-state index >= 15 is 0 Å². The summed E-state index contributed by atoms with van der Waals surface area (Å²) in [6.45, 7) is 2.16. The van der Waals surface area contributed by atoms with Crippen LogP contribution in [0.3, 0.4) is 0 Å². The lowest BCUT2D eigenvalue weighted by Crippen LogP contribution is -1.97. The maximum Gasteiger partial charge on any atom is 0.130 e. The van der Waals surface area contributed by atoms with Gasteiger partial charge in [-0.1, -0.05) is 37.3 Å². The summed E-state index contributed by atoms with van der Waals surface area (Å²) in [6.07, 6.45) is 1.04. The molecule has 0 radical (unpaired) electrons. The summed E-state index contributed by atoms with van der Waals surface area (Å²) < 4.78 is 1.75. The van der Waals surface area contributed by atoms with Crippen molar-refractivity contribution in [2.45, 2.75) is 13.3 Å². The highest BCUT2D eigenvalue weighted by atomic mass is 32.1. The zero-order chi connectivity index (χ0) is 14.1. The van der Waals surface area contributed by atoms with Gasteiger partial charge in [0.05, 0.1) is 5.56 Å². The first-order valence-electron chi connectivity index (χ1n) is 6.66. The second-order valence-electron chi connectivity index (χ2n) is 4.76. The fourth-order valence-electron chi connectivity index (χ4n) is 2.30.